The summed E-state index contributed by atoms with van der Waals surface area (Å²) in [6, 6.07) is 20.7. The second-order valence-electron chi connectivity index (χ2n) is 7.36. The maximum absolute atomic E-state index is 12.5. The molecule has 1 N–H and O–H groups in total. The van der Waals surface area contributed by atoms with Crippen LogP contribution in [0.15, 0.2) is 66.2 Å². The molecule has 0 aromatic heterocycles. The van der Waals surface area contributed by atoms with Crippen LogP contribution in [0.5, 0.6) is 5.75 Å². The smallest absolute Gasteiger partial charge is 0.266 e. The van der Waals surface area contributed by atoms with E-state index < -0.39 is 5.91 Å². The number of anilines is 1. The monoisotopic (exact) mass is 430 g/mol. The Hall–Kier alpha value is -3.55. The summed E-state index contributed by atoms with van der Waals surface area (Å²) < 4.78 is 5.84. The summed E-state index contributed by atoms with van der Waals surface area (Å²) in [5, 5.41) is 12.7. The topological polar surface area (TPSA) is 62.1 Å². The van der Waals surface area contributed by atoms with E-state index in [1.807, 2.05) is 43.3 Å². The Bertz CT molecular complexity index is 1180. The van der Waals surface area contributed by atoms with Crippen molar-refractivity contribution in [2.75, 3.05) is 5.32 Å². The summed E-state index contributed by atoms with van der Waals surface area (Å²) >= 11 is 6.09. The average Bonchev–Trinajstić information content (AvgIpc) is 2.76. The maximum Gasteiger partial charge on any atom is 0.266 e. The number of ether oxygens (including phenoxy) is 1. The maximum atomic E-state index is 12.5. The number of nitriles is 1. The first-order valence-electron chi connectivity index (χ1n) is 9.84. The minimum Gasteiger partial charge on any atom is -0.489 e. The molecule has 0 aliphatic carbocycles. The van der Waals surface area contributed by atoms with Gasteiger partial charge in [-0.1, -0.05) is 48.0 Å². The molecule has 0 unspecified atom stereocenters. The number of nitrogens with one attached hydrogen (secondary N) is 1. The van der Waals surface area contributed by atoms with Gasteiger partial charge in [0.05, 0.1) is 0 Å². The van der Waals surface area contributed by atoms with Crippen LogP contribution in [-0.4, -0.2) is 5.91 Å². The number of carbonyl (C=O) groups is 1. The molecule has 3 aromatic carbocycles. The highest BCUT2D eigenvalue weighted by Crippen LogP contribution is 2.21. The number of carbonyl (C=O) groups excluding carboxylic acids is 1. The highest BCUT2D eigenvalue weighted by atomic mass is 35.5. The number of hydrogen-bond donors (Lipinski definition) is 1. The van der Waals surface area contributed by atoms with Crippen LogP contribution in [0, 0.1) is 32.1 Å². The van der Waals surface area contributed by atoms with E-state index in [0.29, 0.717) is 23.1 Å². The molecule has 3 rings (SSSR count). The fourth-order valence-electron chi connectivity index (χ4n) is 2.90. The molecule has 0 heterocycles. The van der Waals surface area contributed by atoms with Crippen molar-refractivity contribution < 1.29 is 9.53 Å². The molecule has 0 saturated carbocycles. The van der Waals surface area contributed by atoms with E-state index in [1.165, 1.54) is 17.2 Å². The van der Waals surface area contributed by atoms with Gasteiger partial charge in [-0.05, 0) is 78.9 Å². The molecule has 0 saturated heterocycles. The van der Waals surface area contributed by atoms with E-state index in [1.54, 1.807) is 12.1 Å². The predicted molar refractivity (Wildman–Crippen MR) is 125 cm³/mol. The molecule has 156 valence electrons. The van der Waals surface area contributed by atoms with Gasteiger partial charge >= 0.3 is 0 Å². The third-order valence-electron chi connectivity index (χ3n) is 4.96. The molecule has 1 amide bonds. The summed E-state index contributed by atoms with van der Waals surface area (Å²) in [5.41, 5.74) is 5.77. The minimum absolute atomic E-state index is 0.000460. The summed E-state index contributed by atoms with van der Waals surface area (Å²) in [4.78, 5) is 12.5. The summed E-state index contributed by atoms with van der Waals surface area (Å²) in [5.74, 6) is 0.227. The highest BCUT2D eigenvalue weighted by molar-refractivity contribution is 6.31. The van der Waals surface area contributed by atoms with Crippen molar-refractivity contribution in [2.24, 2.45) is 0 Å². The Labute approximate surface area is 187 Å². The number of benzene rings is 3. The lowest BCUT2D eigenvalue weighted by Crippen LogP contribution is -2.13. The van der Waals surface area contributed by atoms with Crippen LogP contribution < -0.4 is 10.1 Å². The molecule has 0 aliphatic heterocycles. The molecule has 0 radical (unpaired) electrons. The van der Waals surface area contributed by atoms with Crippen LogP contribution in [0.25, 0.3) is 6.08 Å². The molecule has 3 aromatic rings. The van der Waals surface area contributed by atoms with E-state index in [0.717, 1.165) is 16.7 Å². The van der Waals surface area contributed by atoms with Crippen LogP contribution in [0.4, 0.5) is 5.69 Å². The first-order chi connectivity index (χ1) is 14.9. The molecule has 0 atom stereocenters. The molecule has 0 spiro atoms. The lowest BCUT2D eigenvalue weighted by Gasteiger charge is -2.09. The second kappa shape index (κ2) is 9.97. The van der Waals surface area contributed by atoms with Crippen molar-refractivity contribution >= 4 is 29.3 Å². The van der Waals surface area contributed by atoms with Crippen molar-refractivity contribution in [2.45, 2.75) is 27.4 Å². The van der Waals surface area contributed by atoms with E-state index in [4.69, 9.17) is 16.3 Å². The molecule has 0 fully saturated rings. The Kier molecular flexibility index (Phi) is 7.12. The summed E-state index contributed by atoms with van der Waals surface area (Å²) in [6.45, 7) is 6.51. The van der Waals surface area contributed by atoms with E-state index >= 15 is 0 Å². The number of nitrogens with zero attached hydrogens (tertiary/aromatic N) is 1. The molecule has 0 bridgehead atoms. The Morgan fingerprint density at radius 2 is 1.71 bits per heavy atom. The SMILES string of the molecule is Cc1ccc(COc2ccc(/C=C(\C#N)C(=O)Nc3ccc(C)c(Cl)c3)cc2)cc1C. The number of aryl methyl sites for hydroxylation is 3. The normalized spacial score (nSPS) is 11.0. The average molecular weight is 431 g/mol. The summed E-state index contributed by atoms with van der Waals surface area (Å²) in [7, 11) is 0. The number of hydrogen-bond acceptors (Lipinski definition) is 3. The van der Waals surface area contributed by atoms with Gasteiger partial charge < -0.3 is 10.1 Å². The van der Waals surface area contributed by atoms with Crippen molar-refractivity contribution in [3.8, 4) is 11.8 Å². The number of rotatable bonds is 6. The highest BCUT2D eigenvalue weighted by Gasteiger charge is 2.10. The second-order valence-corrected chi connectivity index (χ2v) is 7.77. The third-order valence-corrected chi connectivity index (χ3v) is 5.37. The lowest BCUT2D eigenvalue weighted by atomic mass is 10.1. The fraction of sp³-hybridized carbons (Fsp3) is 0.154. The minimum atomic E-state index is -0.488. The zero-order valence-corrected chi connectivity index (χ0v) is 18.5. The van der Waals surface area contributed by atoms with Crippen molar-refractivity contribution in [3.63, 3.8) is 0 Å². The van der Waals surface area contributed by atoms with Gasteiger partial charge in [0.1, 0.15) is 24.0 Å². The van der Waals surface area contributed by atoms with Gasteiger partial charge in [0.15, 0.2) is 0 Å². The predicted octanol–water partition coefficient (Wildman–Crippen LogP) is 6.39. The van der Waals surface area contributed by atoms with Crippen LogP contribution in [-0.2, 0) is 11.4 Å². The van der Waals surface area contributed by atoms with E-state index in [2.05, 4.69) is 37.4 Å². The Morgan fingerprint density at radius 3 is 2.35 bits per heavy atom. The molecule has 5 heteroatoms. The van der Waals surface area contributed by atoms with Gasteiger partial charge in [-0.2, -0.15) is 5.26 Å². The van der Waals surface area contributed by atoms with Crippen molar-refractivity contribution in [1.82, 2.24) is 0 Å². The van der Waals surface area contributed by atoms with E-state index in [9.17, 15) is 10.1 Å². The largest absolute Gasteiger partial charge is 0.489 e. The number of amides is 1. The van der Waals surface area contributed by atoms with Gasteiger partial charge in [0, 0.05) is 10.7 Å². The van der Waals surface area contributed by atoms with E-state index in [-0.39, 0.29) is 5.57 Å². The van der Waals surface area contributed by atoms with Gasteiger partial charge in [-0.3, -0.25) is 4.79 Å². The third kappa shape index (κ3) is 5.97. The van der Waals surface area contributed by atoms with Gasteiger partial charge in [0.25, 0.3) is 5.91 Å². The van der Waals surface area contributed by atoms with Crippen LogP contribution >= 0.6 is 11.6 Å². The zero-order valence-electron chi connectivity index (χ0n) is 17.7. The lowest BCUT2D eigenvalue weighted by molar-refractivity contribution is -0.112. The zero-order chi connectivity index (χ0) is 22.4. The first-order valence-corrected chi connectivity index (χ1v) is 10.2. The van der Waals surface area contributed by atoms with Gasteiger partial charge in [-0.25, -0.2) is 0 Å². The Morgan fingerprint density at radius 1 is 1.00 bits per heavy atom. The standard InChI is InChI=1S/C26H23ClN2O2/c1-17-4-6-21(12-19(17)3)16-31-24-10-7-20(8-11-24)13-22(15-28)26(30)29-23-9-5-18(2)25(27)14-23/h4-14H,16H2,1-3H3,(H,29,30)/b22-13+. The molecular weight excluding hydrogens is 408 g/mol. The molecular formula is C26H23ClN2O2. The molecule has 31 heavy (non-hydrogen) atoms. The molecule has 4 nitrogen and oxygen atoms in total. The molecule has 0 aliphatic rings. The van der Waals surface area contributed by atoms with Crippen LogP contribution in [0.3, 0.4) is 0 Å². The van der Waals surface area contributed by atoms with Crippen LogP contribution in [0.1, 0.15) is 27.8 Å². The fourth-order valence-corrected chi connectivity index (χ4v) is 3.09. The number of halogens is 1. The summed E-state index contributed by atoms with van der Waals surface area (Å²) in [6.07, 6.45) is 1.54. The van der Waals surface area contributed by atoms with Gasteiger partial charge in [-0.15, -0.1) is 0 Å². The van der Waals surface area contributed by atoms with Crippen molar-refractivity contribution in [3.05, 3.63) is 99.1 Å². The van der Waals surface area contributed by atoms with Crippen LogP contribution in [0.2, 0.25) is 5.02 Å². The van der Waals surface area contributed by atoms with Crippen molar-refractivity contribution in [1.29, 1.82) is 5.26 Å². The quantitative estimate of drug-likeness (QED) is 0.364. The first kappa shape index (κ1) is 22.1. The Balaban J connectivity index is 1.65. The van der Waals surface area contributed by atoms with Gasteiger partial charge in [0.2, 0.25) is 0 Å².